The highest BCUT2D eigenvalue weighted by atomic mass is 32.2. The van der Waals surface area contributed by atoms with Crippen LogP contribution < -0.4 is 4.72 Å². The van der Waals surface area contributed by atoms with Crippen molar-refractivity contribution in [1.82, 2.24) is 24.4 Å². The van der Waals surface area contributed by atoms with E-state index >= 15 is 0 Å². The number of nitrogens with zero attached hydrogens (tertiary/aromatic N) is 6. The highest BCUT2D eigenvalue weighted by molar-refractivity contribution is 7.90. The van der Waals surface area contributed by atoms with Gasteiger partial charge >= 0.3 is 12.3 Å². The molecule has 1 unspecified atom stereocenters. The summed E-state index contributed by atoms with van der Waals surface area (Å²) in [6.45, 7) is 5.56. The topological polar surface area (TPSA) is 179 Å². The first-order chi connectivity index (χ1) is 24.3. The molecule has 15 nitrogen and oxygen atoms in total. The Morgan fingerprint density at radius 1 is 1.02 bits per heavy atom. The van der Waals surface area contributed by atoms with Gasteiger partial charge in [-0.2, -0.15) is 18.3 Å². The zero-order chi connectivity index (χ0) is 38.2. The zero-order valence-corrected chi connectivity index (χ0v) is 29.1. The first kappa shape index (κ1) is 37.3. The van der Waals surface area contributed by atoms with Gasteiger partial charge in [-0.3, -0.25) is 9.59 Å². The third-order valence-corrected chi connectivity index (χ3v) is 9.43. The lowest BCUT2D eigenvalue weighted by molar-refractivity contribution is -0.722. The summed E-state index contributed by atoms with van der Waals surface area (Å²) in [5.74, 6) is -1.24. The van der Waals surface area contributed by atoms with Crippen molar-refractivity contribution in [3.63, 3.8) is 0 Å². The number of aryl methyl sites for hydroxylation is 1. The number of fused-ring (bicyclic) bond motifs is 1. The van der Waals surface area contributed by atoms with Crippen LogP contribution in [0.3, 0.4) is 0 Å². The molecule has 0 spiro atoms. The van der Waals surface area contributed by atoms with Crippen LogP contribution in [0.15, 0.2) is 89.0 Å². The van der Waals surface area contributed by atoms with E-state index in [0.29, 0.717) is 5.56 Å². The lowest BCUT2D eigenvalue weighted by Gasteiger charge is -2.30. The highest BCUT2D eigenvalue weighted by Crippen LogP contribution is 2.33. The smallest absolute Gasteiger partial charge is 0.435 e. The van der Waals surface area contributed by atoms with E-state index in [1.54, 1.807) is 41.1 Å². The van der Waals surface area contributed by atoms with Crippen LogP contribution >= 0.6 is 0 Å². The first-order valence-corrected chi connectivity index (χ1v) is 16.9. The maximum absolute atomic E-state index is 13.6. The molecule has 52 heavy (non-hydrogen) atoms. The Bertz CT molecular complexity index is 2120. The Kier molecular flexibility index (Phi) is 10.0. The molecule has 0 bridgehead atoms. The molecule has 1 N–H and O–H groups in total. The Balaban J connectivity index is 1.20. The molecule has 5 rings (SSSR count). The molecule has 1 aliphatic heterocycles. The second-order valence-corrected chi connectivity index (χ2v) is 13.9. The number of halogens is 3. The predicted octanol–water partition coefficient (Wildman–Crippen LogP) is 5.44. The van der Waals surface area contributed by atoms with Crippen LogP contribution in [0.5, 0.6) is 0 Å². The fourth-order valence-electron chi connectivity index (χ4n) is 4.93. The molecule has 0 fully saturated rings. The van der Waals surface area contributed by atoms with Crippen molar-refractivity contribution in [2.75, 3.05) is 13.7 Å². The molecule has 2 heterocycles. The summed E-state index contributed by atoms with van der Waals surface area (Å²) in [6.07, 6.45) is -7.38. The Labute approximate surface area is 295 Å². The van der Waals surface area contributed by atoms with E-state index in [0.717, 1.165) is 38.4 Å². The van der Waals surface area contributed by atoms with Crippen LogP contribution in [0.4, 0.5) is 18.0 Å². The number of carbonyl (C=O) groups is 3. The number of hydrazine groups is 1. The molecule has 0 saturated heterocycles. The van der Waals surface area contributed by atoms with Crippen molar-refractivity contribution >= 4 is 27.9 Å². The van der Waals surface area contributed by atoms with E-state index in [2.05, 4.69) is 10.4 Å². The number of aromatic nitrogens is 2. The van der Waals surface area contributed by atoms with E-state index in [4.69, 9.17) is 9.57 Å². The molecule has 3 amide bonds. The second kappa shape index (κ2) is 14.0. The number of benzene rings is 3. The van der Waals surface area contributed by atoms with Gasteiger partial charge in [0.1, 0.15) is 12.1 Å². The third kappa shape index (κ3) is 7.68. The Morgan fingerprint density at radius 3 is 2.15 bits per heavy atom. The summed E-state index contributed by atoms with van der Waals surface area (Å²) in [5, 5.41) is 20.7. The number of hydrogen-bond donors (Lipinski definition) is 1. The minimum Gasteiger partial charge on any atom is -0.569 e. The molecular weight excluding hydrogens is 711 g/mol. The summed E-state index contributed by atoms with van der Waals surface area (Å²) in [5.41, 5.74) is -0.514. The van der Waals surface area contributed by atoms with Crippen LogP contribution in [-0.4, -0.2) is 76.4 Å². The second-order valence-electron chi connectivity index (χ2n) is 12.3. The molecule has 274 valence electrons. The van der Waals surface area contributed by atoms with Gasteiger partial charge in [0, 0.05) is 5.56 Å². The summed E-state index contributed by atoms with van der Waals surface area (Å²) in [7, 11) is -3.25. The maximum atomic E-state index is 13.6. The molecule has 1 aromatic heterocycles. The predicted molar refractivity (Wildman–Crippen MR) is 176 cm³/mol. The lowest BCUT2D eigenvalue weighted by Crippen LogP contribution is -2.49. The normalized spacial score (nSPS) is 14.2. The van der Waals surface area contributed by atoms with Crippen LogP contribution in [0.2, 0.25) is 0 Å². The molecule has 1 atom stereocenters. The average molecular weight is 744 g/mol. The molecule has 3 aromatic carbocycles. The zero-order valence-electron chi connectivity index (χ0n) is 28.3. The van der Waals surface area contributed by atoms with E-state index in [1.165, 1.54) is 52.1 Å². The monoisotopic (exact) mass is 743 g/mol. The largest absolute Gasteiger partial charge is 0.569 e. The fraction of sp³-hybridized carbons (Fsp3) is 0.273. The van der Waals surface area contributed by atoms with Crippen molar-refractivity contribution in [1.29, 1.82) is 0 Å². The summed E-state index contributed by atoms with van der Waals surface area (Å²) in [6, 6.07) is 18.4. The molecule has 0 radical (unpaired) electrons. The quantitative estimate of drug-likeness (QED) is 0.0900. The van der Waals surface area contributed by atoms with Crippen molar-refractivity contribution in [3.8, 4) is 16.9 Å². The number of imide groups is 1. The Hall–Kier alpha value is -5.98. The number of sulfonamides is 1. The average Bonchev–Trinajstić information content (AvgIpc) is 3.66. The van der Waals surface area contributed by atoms with Gasteiger partial charge in [0.25, 0.3) is 21.8 Å². The molecule has 4 aromatic rings. The first-order valence-electron chi connectivity index (χ1n) is 15.4. The third-order valence-electron chi connectivity index (χ3n) is 8.10. The van der Waals surface area contributed by atoms with Gasteiger partial charge in [0.15, 0.2) is 5.69 Å². The van der Waals surface area contributed by atoms with Gasteiger partial charge in [0.2, 0.25) is 11.5 Å². The van der Waals surface area contributed by atoms with Gasteiger partial charge in [-0.1, -0.05) is 42.0 Å². The fourth-order valence-corrected chi connectivity index (χ4v) is 5.82. The van der Waals surface area contributed by atoms with Gasteiger partial charge in [-0.05, 0) is 70.2 Å². The van der Waals surface area contributed by atoms with Crippen molar-refractivity contribution in [3.05, 3.63) is 106 Å². The number of nitrogens with one attached hydrogen (secondary N) is 1. The molecule has 0 aliphatic carbocycles. The lowest BCUT2D eigenvalue weighted by atomic mass is 10.1. The van der Waals surface area contributed by atoms with Crippen LogP contribution in [0, 0.1) is 12.1 Å². The maximum Gasteiger partial charge on any atom is 0.435 e. The molecule has 19 heteroatoms. The number of rotatable bonds is 11. The van der Waals surface area contributed by atoms with Crippen LogP contribution in [0.25, 0.3) is 16.9 Å². The van der Waals surface area contributed by atoms with Gasteiger partial charge in [0.05, 0.1) is 39.4 Å². The number of alkyl halides is 3. The minimum absolute atomic E-state index is 0.00422. The molecule has 0 saturated carbocycles. The minimum atomic E-state index is -4.74. The van der Waals surface area contributed by atoms with E-state index in [1.807, 2.05) is 6.92 Å². The number of carbonyl (C=O) groups excluding carboxylic acids is 3. The summed E-state index contributed by atoms with van der Waals surface area (Å²) in [4.78, 5) is 43.4. The number of likely N-dealkylation sites (N-methyl/N-ethyl adjacent to an activating group) is 1. The Morgan fingerprint density at radius 2 is 1.60 bits per heavy atom. The highest BCUT2D eigenvalue weighted by Gasteiger charge is 2.40. The number of ether oxygens (including phenoxy) is 1. The SMILES string of the molecule is Cc1ccc(-c2cc(C(F)(F)F)nn2-c2ccc(S(=O)(=O)NC(=O)OCC(C)(C)N(C)[N+]([O-])=NOC(C)N3C(=O)c4ccccc4C3=O)cc2)cc1. The van der Waals surface area contributed by atoms with Gasteiger partial charge < -0.3 is 14.8 Å². The van der Waals surface area contributed by atoms with E-state index in [-0.39, 0.29) is 27.5 Å². The van der Waals surface area contributed by atoms with Gasteiger partial charge in [-0.25, -0.2) is 27.5 Å². The molecular formula is C33H32F3N7O8S. The van der Waals surface area contributed by atoms with Crippen molar-refractivity contribution in [2.45, 2.75) is 50.5 Å². The van der Waals surface area contributed by atoms with Crippen LogP contribution in [0.1, 0.15) is 52.7 Å². The number of hydrogen-bond acceptors (Lipinski definition) is 10. The van der Waals surface area contributed by atoms with Gasteiger partial charge in [-0.15, -0.1) is 5.01 Å². The van der Waals surface area contributed by atoms with Crippen molar-refractivity contribution in [2.24, 2.45) is 5.28 Å². The van der Waals surface area contributed by atoms with E-state index in [9.17, 15) is 41.2 Å². The summed E-state index contributed by atoms with van der Waals surface area (Å²) < 4.78 is 74.4. The number of amides is 3. The van der Waals surface area contributed by atoms with E-state index < -0.39 is 63.1 Å². The molecule has 1 aliphatic rings. The standard InChI is InChI=1S/C33H32F3N7O8S/c1-20-10-12-22(13-11-20)27-18-28(33(34,35)36)37-42(27)23-14-16-24(17-15-23)52(48,49)38-31(46)50-19-32(3,4)40(5)43(47)39-51-21(2)41-29(44)25-8-6-7-9-26(25)30(41)45/h6-18,21H,19H2,1-5H3,(H,38,46). The van der Waals surface area contributed by atoms with Crippen LogP contribution in [-0.2, 0) is 25.8 Å². The summed E-state index contributed by atoms with van der Waals surface area (Å²) >= 11 is 0. The van der Waals surface area contributed by atoms with Crippen molar-refractivity contribution < 1.29 is 50.5 Å².